The number of ketones is 1. The normalized spacial score (nSPS) is 21.5. The number of Topliss-reactive ketones (excluding diaryl/α,β-unsaturated/α-hetero) is 1. The highest BCUT2D eigenvalue weighted by molar-refractivity contribution is 6.29. The Balaban J connectivity index is 1.39. The largest absolute Gasteiger partial charge is 0.326 e. The van der Waals surface area contributed by atoms with Gasteiger partial charge in [0, 0.05) is 18.4 Å². The summed E-state index contributed by atoms with van der Waals surface area (Å²) in [5, 5.41) is 8.21. The number of carbonyl (C=O) groups is 3. The molecule has 1 N–H and O–H groups in total. The van der Waals surface area contributed by atoms with Gasteiger partial charge in [0.15, 0.2) is 5.78 Å². The van der Waals surface area contributed by atoms with E-state index >= 15 is 0 Å². The maximum Gasteiger partial charge on any atom is 0.248 e. The Kier molecular flexibility index (Phi) is 4.97. The van der Waals surface area contributed by atoms with E-state index in [1.165, 1.54) is 6.92 Å². The van der Waals surface area contributed by atoms with Gasteiger partial charge in [0.05, 0.1) is 5.52 Å². The minimum atomic E-state index is -0.567. The van der Waals surface area contributed by atoms with Crippen molar-refractivity contribution in [3.8, 4) is 0 Å². The van der Waals surface area contributed by atoms with Gasteiger partial charge < -0.3 is 10.2 Å². The minimum absolute atomic E-state index is 0.0321. The smallest absolute Gasteiger partial charge is 0.248 e. The summed E-state index contributed by atoms with van der Waals surface area (Å²) >= 11 is 5.91. The first kappa shape index (κ1) is 20.6. The number of hydrogen-bond donors (Lipinski definition) is 1. The molecule has 0 bridgehead atoms. The fraction of sp³-hybridized carbons (Fsp3) is 0.348. The van der Waals surface area contributed by atoms with Gasteiger partial charge >= 0.3 is 0 Å². The first-order valence-electron chi connectivity index (χ1n) is 10.5. The molecule has 1 aliphatic heterocycles. The number of likely N-dealkylation sites (tertiary alicyclic amines) is 1. The fourth-order valence-electron chi connectivity index (χ4n) is 4.61. The van der Waals surface area contributed by atoms with E-state index in [1.807, 2.05) is 25.1 Å². The van der Waals surface area contributed by atoms with Crippen molar-refractivity contribution in [1.82, 2.24) is 19.7 Å². The number of hydrogen-bond acceptors (Lipinski definition) is 5. The van der Waals surface area contributed by atoms with Crippen LogP contribution in [0.3, 0.4) is 0 Å². The Labute approximate surface area is 189 Å². The first-order valence-corrected chi connectivity index (χ1v) is 10.9. The summed E-state index contributed by atoms with van der Waals surface area (Å²) in [6.07, 6.45) is 1.53. The standard InChI is InChI=1S/C23H22ClN5O3/c1-12-6-7-15-17(8-12)28(27-22(15)13(2)30)11-21(31)29-16-9-14(16)10-18(29)23(32)26-20-5-3-4-19(24)25-20/h3-8,14,16,18H,9-11H2,1-2H3,(H,25,26,32)/t14-,16-,18+/m1/s1. The van der Waals surface area contributed by atoms with Crippen LogP contribution in [-0.2, 0) is 16.1 Å². The van der Waals surface area contributed by atoms with Crippen LogP contribution < -0.4 is 5.32 Å². The lowest BCUT2D eigenvalue weighted by Gasteiger charge is -2.26. The van der Waals surface area contributed by atoms with Crippen molar-refractivity contribution in [3.05, 3.63) is 52.8 Å². The number of fused-ring (bicyclic) bond motifs is 2. The zero-order chi connectivity index (χ0) is 22.6. The number of rotatable bonds is 5. The maximum atomic E-state index is 13.3. The molecule has 32 heavy (non-hydrogen) atoms. The van der Waals surface area contributed by atoms with E-state index in [1.54, 1.807) is 27.8 Å². The quantitative estimate of drug-likeness (QED) is 0.474. The second-order valence-electron chi connectivity index (χ2n) is 8.53. The number of piperidine rings is 1. The molecule has 1 aliphatic carbocycles. The van der Waals surface area contributed by atoms with Gasteiger partial charge in [-0.1, -0.05) is 29.8 Å². The molecule has 2 fully saturated rings. The van der Waals surface area contributed by atoms with Crippen LogP contribution in [0.25, 0.3) is 10.9 Å². The van der Waals surface area contributed by atoms with E-state index in [2.05, 4.69) is 15.4 Å². The third-order valence-electron chi connectivity index (χ3n) is 6.19. The molecule has 1 aromatic carbocycles. The molecule has 0 unspecified atom stereocenters. The second-order valence-corrected chi connectivity index (χ2v) is 8.92. The molecule has 3 heterocycles. The molecular formula is C23H22ClN5O3. The summed E-state index contributed by atoms with van der Waals surface area (Å²) < 4.78 is 1.57. The van der Waals surface area contributed by atoms with E-state index in [9.17, 15) is 14.4 Å². The number of aryl methyl sites for hydroxylation is 1. The summed E-state index contributed by atoms with van der Waals surface area (Å²) in [7, 11) is 0. The van der Waals surface area contributed by atoms with Gasteiger partial charge in [-0.15, -0.1) is 0 Å². The highest BCUT2D eigenvalue weighted by Gasteiger charge is 2.56. The zero-order valence-electron chi connectivity index (χ0n) is 17.7. The van der Waals surface area contributed by atoms with Gasteiger partial charge in [-0.3, -0.25) is 19.1 Å². The Bertz CT molecular complexity index is 1270. The number of amides is 2. The predicted molar refractivity (Wildman–Crippen MR) is 119 cm³/mol. The Morgan fingerprint density at radius 1 is 1.19 bits per heavy atom. The molecule has 164 valence electrons. The molecule has 5 rings (SSSR count). The molecule has 2 amide bonds. The molecule has 2 aliphatic rings. The van der Waals surface area contributed by atoms with Crippen LogP contribution in [0, 0.1) is 12.8 Å². The monoisotopic (exact) mass is 451 g/mol. The van der Waals surface area contributed by atoms with Crippen LogP contribution in [-0.4, -0.2) is 49.3 Å². The topological polar surface area (TPSA) is 97.2 Å². The van der Waals surface area contributed by atoms with Gasteiger partial charge in [-0.2, -0.15) is 5.10 Å². The summed E-state index contributed by atoms with van der Waals surface area (Å²) in [6.45, 7) is 3.38. The number of pyridine rings is 1. The molecule has 9 heteroatoms. The van der Waals surface area contributed by atoms with E-state index in [0.717, 1.165) is 22.9 Å². The lowest BCUT2D eigenvalue weighted by atomic mass is 10.1. The highest BCUT2D eigenvalue weighted by atomic mass is 35.5. The van der Waals surface area contributed by atoms with E-state index in [0.29, 0.717) is 23.9 Å². The van der Waals surface area contributed by atoms with E-state index in [4.69, 9.17) is 11.6 Å². The molecular weight excluding hydrogens is 430 g/mol. The summed E-state index contributed by atoms with van der Waals surface area (Å²) in [4.78, 5) is 44.1. The molecule has 1 saturated heterocycles. The summed E-state index contributed by atoms with van der Waals surface area (Å²) in [6, 6.07) is 10.2. The second kappa shape index (κ2) is 7.70. The van der Waals surface area contributed by atoms with Gasteiger partial charge in [0.25, 0.3) is 0 Å². The third-order valence-corrected chi connectivity index (χ3v) is 6.40. The average Bonchev–Trinajstić information content (AvgIpc) is 3.25. The van der Waals surface area contributed by atoms with Crippen LogP contribution in [0.15, 0.2) is 36.4 Å². The third kappa shape index (κ3) is 3.64. The zero-order valence-corrected chi connectivity index (χ0v) is 18.5. The fourth-order valence-corrected chi connectivity index (χ4v) is 4.77. The van der Waals surface area contributed by atoms with Gasteiger partial charge in [0.2, 0.25) is 11.8 Å². The molecule has 0 spiro atoms. The van der Waals surface area contributed by atoms with Crippen LogP contribution in [0.4, 0.5) is 5.82 Å². The molecule has 3 aromatic rings. The van der Waals surface area contributed by atoms with Crippen LogP contribution in [0.1, 0.15) is 35.8 Å². The number of nitrogens with one attached hydrogen (secondary N) is 1. The molecule has 0 radical (unpaired) electrons. The van der Waals surface area contributed by atoms with Gasteiger partial charge in [0.1, 0.15) is 29.3 Å². The molecule has 1 saturated carbocycles. The van der Waals surface area contributed by atoms with Crippen molar-refractivity contribution < 1.29 is 14.4 Å². The highest BCUT2D eigenvalue weighted by Crippen LogP contribution is 2.48. The number of aromatic nitrogens is 3. The molecule has 3 atom stereocenters. The number of anilines is 1. The van der Waals surface area contributed by atoms with Crippen molar-refractivity contribution in [2.45, 2.75) is 45.3 Å². The predicted octanol–water partition coefficient (Wildman–Crippen LogP) is 3.22. The number of benzene rings is 1. The molecule has 2 aromatic heterocycles. The summed E-state index contributed by atoms with van der Waals surface area (Å²) in [5.74, 6) is 0.0856. The van der Waals surface area contributed by atoms with Crippen LogP contribution in [0.5, 0.6) is 0 Å². The lowest BCUT2D eigenvalue weighted by molar-refractivity contribution is -0.138. The summed E-state index contributed by atoms with van der Waals surface area (Å²) in [5.41, 5.74) is 2.09. The minimum Gasteiger partial charge on any atom is -0.326 e. The first-order chi connectivity index (χ1) is 15.3. The van der Waals surface area contributed by atoms with E-state index < -0.39 is 6.04 Å². The van der Waals surface area contributed by atoms with Crippen molar-refractivity contribution in [3.63, 3.8) is 0 Å². The Hall–Kier alpha value is -3.26. The average molecular weight is 452 g/mol. The van der Waals surface area contributed by atoms with Crippen molar-refractivity contribution in [1.29, 1.82) is 0 Å². The maximum absolute atomic E-state index is 13.3. The Morgan fingerprint density at radius 2 is 2.00 bits per heavy atom. The van der Waals surface area contributed by atoms with Gasteiger partial charge in [-0.25, -0.2) is 4.98 Å². The van der Waals surface area contributed by atoms with Gasteiger partial charge in [-0.05, 0) is 49.4 Å². The van der Waals surface area contributed by atoms with Crippen molar-refractivity contribution >= 4 is 45.9 Å². The SMILES string of the molecule is CC(=O)c1nn(CC(=O)N2[C@@H]3C[C@@H]3C[C@H]2C(=O)Nc2cccc(Cl)n2)c2cc(C)ccc12. The number of nitrogens with zero attached hydrogens (tertiary/aromatic N) is 4. The number of halogens is 1. The van der Waals surface area contributed by atoms with Crippen molar-refractivity contribution in [2.75, 3.05) is 5.32 Å². The van der Waals surface area contributed by atoms with Crippen molar-refractivity contribution in [2.24, 2.45) is 5.92 Å². The Morgan fingerprint density at radius 3 is 2.75 bits per heavy atom. The van der Waals surface area contributed by atoms with Crippen LogP contribution in [0.2, 0.25) is 5.15 Å². The lowest BCUT2D eigenvalue weighted by Crippen LogP contribution is -2.46. The molecule has 8 nitrogen and oxygen atoms in total. The van der Waals surface area contributed by atoms with Crippen LogP contribution >= 0.6 is 11.6 Å². The van der Waals surface area contributed by atoms with E-state index in [-0.39, 0.29) is 35.3 Å². The number of carbonyl (C=O) groups excluding carboxylic acids is 3.